The molecule has 0 unspecified atom stereocenters. The fraction of sp³-hybridized carbons (Fsp3) is 0.625. The SMILES string of the molecule is CCCCCC(=O)CCCC(=O)C1=CC(C)=CC1. The Labute approximate surface area is 110 Å². The second kappa shape index (κ2) is 8.02. The number of ketones is 2. The summed E-state index contributed by atoms with van der Waals surface area (Å²) in [4.78, 5) is 23.4. The first-order valence-corrected chi connectivity index (χ1v) is 7.05. The molecule has 0 aromatic rings. The van der Waals surface area contributed by atoms with E-state index in [-0.39, 0.29) is 5.78 Å². The van der Waals surface area contributed by atoms with Crippen LogP contribution >= 0.6 is 0 Å². The fourth-order valence-corrected chi connectivity index (χ4v) is 2.16. The van der Waals surface area contributed by atoms with E-state index in [0.29, 0.717) is 31.5 Å². The largest absolute Gasteiger partial charge is 0.300 e. The molecule has 0 aliphatic heterocycles. The summed E-state index contributed by atoms with van der Waals surface area (Å²) in [6.07, 6.45) is 10.6. The zero-order valence-electron chi connectivity index (χ0n) is 11.6. The van der Waals surface area contributed by atoms with Gasteiger partial charge in [0.1, 0.15) is 5.78 Å². The first kappa shape index (κ1) is 14.9. The molecule has 1 aliphatic rings. The minimum Gasteiger partial charge on any atom is -0.300 e. The van der Waals surface area contributed by atoms with Crippen LogP contribution in [0.15, 0.2) is 23.3 Å². The number of hydrogen-bond donors (Lipinski definition) is 0. The number of carbonyl (C=O) groups excluding carboxylic acids is 2. The second-order valence-corrected chi connectivity index (χ2v) is 5.09. The molecule has 0 N–H and O–H groups in total. The molecule has 0 bridgehead atoms. The number of Topliss-reactive ketones (excluding diaryl/α,β-unsaturated/α-hetero) is 2. The third-order valence-electron chi connectivity index (χ3n) is 3.32. The highest BCUT2D eigenvalue weighted by atomic mass is 16.1. The van der Waals surface area contributed by atoms with E-state index in [2.05, 4.69) is 13.0 Å². The second-order valence-electron chi connectivity index (χ2n) is 5.09. The molecule has 0 radical (unpaired) electrons. The Morgan fingerprint density at radius 3 is 2.44 bits per heavy atom. The number of hydrogen-bond acceptors (Lipinski definition) is 2. The van der Waals surface area contributed by atoms with Crippen molar-refractivity contribution in [3.8, 4) is 0 Å². The summed E-state index contributed by atoms with van der Waals surface area (Å²) < 4.78 is 0. The first-order chi connectivity index (χ1) is 8.63. The maximum Gasteiger partial charge on any atom is 0.159 e. The van der Waals surface area contributed by atoms with Crippen LogP contribution in [0.25, 0.3) is 0 Å². The Morgan fingerprint density at radius 2 is 1.83 bits per heavy atom. The molecule has 0 saturated heterocycles. The molecule has 0 amide bonds. The average Bonchev–Trinajstić information content (AvgIpc) is 2.76. The summed E-state index contributed by atoms with van der Waals surface area (Å²) >= 11 is 0. The highest BCUT2D eigenvalue weighted by Crippen LogP contribution is 2.19. The summed E-state index contributed by atoms with van der Waals surface area (Å²) in [5, 5.41) is 0. The molecule has 1 aliphatic carbocycles. The molecule has 0 saturated carbocycles. The highest BCUT2D eigenvalue weighted by Gasteiger charge is 2.12. The van der Waals surface area contributed by atoms with Crippen LogP contribution in [0.1, 0.15) is 65.2 Å². The molecule has 0 spiro atoms. The topological polar surface area (TPSA) is 34.1 Å². The molecule has 18 heavy (non-hydrogen) atoms. The van der Waals surface area contributed by atoms with Gasteiger partial charge in [-0.1, -0.05) is 37.5 Å². The summed E-state index contributed by atoms with van der Waals surface area (Å²) in [7, 11) is 0. The van der Waals surface area contributed by atoms with Crippen LogP contribution in [-0.4, -0.2) is 11.6 Å². The quantitative estimate of drug-likeness (QED) is 0.574. The Kier molecular flexibility index (Phi) is 6.63. The molecule has 2 nitrogen and oxygen atoms in total. The predicted octanol–water partition coefficient (Wildman–Crippen LogP) is 4.15. The van der Waals surface area contributed by atoms with Crippen LogP contribution in [-0.2, 0) is 9.59 Å². The first-order valence-electron chi connectivity index (χ1n) is 7.05. The van der Waals surface area contributed by atoms with E-state index in [4.69, 9.17) is 0 Å². The molecule has 0 aromatic heterocycles. The van der Waals surface area contributed by atoms with Gasteiger partial charge >= 0.3 is 0 Å². The van der Waals surface area contributed by atoms with Gasteiger partial charge in [-0.2, -0.15) is 0 Å². The number of rotatable bonds is 9. The van der Waals surface area contributed by atoms with E-state index in [1.807, 2.05) is 13.0 Å². The van der Waals surface area contributed by atoms with Crippen molar-refractivity contribution in [1.82, 2.24) is 0 Å². The summed E-state index contributed by atoms with van der Waals surface area (Å²) in [6.45, 7) is 4.14. The summed E-state index contributed by atoms with van der Waals surface area (Å²) in [5.74, 6) is 0.524. The monoisotopic (exact) mass is 248 g/mol. The van der Waals surface area contributed by atoms with Gasteiger partial charge in [0.05, 0.1) is 0 Å². The van der Waals surface area contributed by atoms with Gasteiger partial charge in [-0.05, 0) is 31.8 Å². The number of unbranched alkanes of at least 4 members (excludes halogenated alkanes) is 2. The minimum atomic E-state index is 0.212. The Morgan fingerprint density at radius 1 is 1.11 bits per heavy atom. The van der Waals surface area contributed by atoms with Crippen molar-refractivity contribution in [2.24, 2.45) is 0 Å². The van der Waals surface area contributed by atoms with Crippen LogP contribution < -0.4 is 0 Å². The smallest absolute Gasteiger partial charge is 0.159 e. The molecular weight excluding hydrogens is 224 g/mol. The lowest BCUT2D eigenvalue weighted by Gasteiger charge is -2.02. The average molecular weight is 248 g/mol. The molecule has 2 heteroatoms. The van der Waals surface area contributed by atoms with Crippen LogP contribution in [0, 0.1) is 0 Å². The van der Waals surface area contributed by atoms with Crippen molar-refractivity contribution in [1.29, 1.82) is 0 Å². The Bertz CT molecular complexity index is 361. The lowest BCUT2D eigenvalue weighted by molar-refractivity contribution is -0.119. The third kappa shape index (κ3) is 5.44. The zero-order valence-corrected chi connectivity index (χ0v) is 11.6. The molecule has 100 valence electrons. The van der Waals surface area contributed by atoms with Gasteiger partial charge in [0.15, 0.2) is 5.78 Å². The molecule has 0 aromatic carbocycles. The standard InChI is InChI=1S/C16H24O2/c1-3-4-5-7-15(17)8-6-9-16(18)14-11-10-13(2)12-14/h10,12H,3-9,11H2,1-2H3. The van der Waals surface area contributed by atoms with Crippen LogP contribution in [0.4, 0.5) is 0 Å². The zero-order chi connectivity index (χ0) is 13.4. The van der Waals surface area contributed by atoms with Crippen molar-refractivity contribution >= 4 is 11.6 Å². The van der Waals surface area contributed by atoms with Gasteiger partial charge in [0.2, 0.25) is 0 Å². The van der Waals surface area contributed by atoms with Crippen LogP contribution in [0.3, 0.4) is 0 Å². The van der Waals surface area contributed by atoms with Gasteiger partial charge in [0.25, 0.3) is 0 Å². The van der Waals surface area contributed by atoms with Crippen LogP contribution in [0.2, 0.25) is 0 Å². The van der Waals surface area contributed by atoms with E-state index >= 15 is 0 Å². The Balaban J connectivity index is 2.12. The van der Waals surface area contributed by atoms with Gasteiger partial charge in [-0.3, -0.25) is 9.59 Å². The molecule has 0 atom stereocenters. The van der Waals surface area contributed by atoms with E-state index in [1.165, 1.54) is 5.57 Å². The van der Waals surface area contributed by atoms with Crippen molar-refractivity contribution in [2.75, 3.05) is 0 Å². The fourth-order valence-electron chi connectivity index (χ4n) is 2.16. The molecule has 1 rings (SSSR count). The van der Waals surface area contributed by atoms with Gasteiger partial charge in [0, 0.05) is 19.3 Å². The van der Waals surface area contributed by atoms with E-state index < -0.39 is 0 Å². The Hall–Kier alpha value is -1.18. The number of carbonyl (C=O) groups is 2. The van der Waals surface area contributed by atoms with Crippen molar-refractivity contribution in [3.05, 3.63) is 23.3 Å². The lowest BCUT2D eigenvalue weighted by Crippen LogP contribution is -2.03. The van der Waals surface area contributed by atoms with Gasteiger partial charge < -0.3 is 0 Å². The number of allylic oxidation sites excluding steroid dienone is 4. The van der Waals surface area contributed by atoms with Gasteiger partial charge in [-0.15, -0.1) is 0 Å². The highest BCUT2D eigenvalue weighted by molar-refractivity contribution is 5.97. The van der Waals surface area contributed by atoms with Crippen LogP contribution in [0.5, 0.6) is 0 Å². The lowest BCUT2D eigenvalue weighted by atomic mass is 10.0. The molecular formula is C16H24O2. The van der Waals surface area contributed by atoms with Crippen molar-refractivity contribution in [3.63, 3.8) is 0 Å². The normalized spacial score (nSPS) is 14.3. The maximum absolute atomic E-state index is 11.8. The van der Waals surface area contributed by atoms with E-state index in [0.717, 1.165) is 31.3 Å². The molecule has 0 fully saturated rings. The van der Waals surface area contributed by atoms with E-state index in [9.17, 15) is 9.59 Å². The van der Waals surface area contributed by atoms with E-state index in [1.54, 1.807) is 0 Å². The summed E-state index contributed by atoms with van der Waals surface area (Å²) in [6, 6.07) is 0. The summed E-state index contributed by atoms with van der Waals surface area (Å²) in [5.41, 5.74) is 2.08. The predicted molar refractivity (Wildman–Crippen MR) is 74.5 cm³/mol. The van der Waals surface area contributed by atoms with Crippen molar-refractivity contribution in [2.45, 2.75) is 65.2 Å². The van der Waals surface area contributed by atoms with Gasteiger partial charge in [-0.25, -0.2) is 0 Å². The van der Waals surface area contributed by atoms with Crippen molar-refractivity contribution < 1.29 is 9.59 Å². The maximum atomic E-state index is 11.8. The third-order valence-corrected chi connectivity index (χ3v) is 3.32. The molecule has 0 heterocycles. The minimum absolute atomic E-state index is 0.212.